The van der Waals surface area contributed by atoms with Crippen LogP contribution in [0.25, 0.3) is 0 Å². The minimum atomic E-state index is -3.54. The monoisotopic (exact) mass is 284 g/mol. The molecule has 0 bridgehead atoms. The van der Waals surface area contributed by atoms with E-state index in [2.05, 4.69) is 10.0 Å². The molecule has 0 aliphatic rings. The highest BCUT2D eigenvalue weighted by atomic mass is 32.2. The highest BCUT2D eigenvalue weighted by molar-refractivity contribution is 7.89. The van der Waals surface area contributed by atoms with Crippen LogP contribution >= 0.6 is 0 Å². The molecule has 0 heterocycles. The smallest absolute Gasteiger partial charge is 0.240 e. The van der Waals surface area contributed by atoms with Crippen LogP contribution < -0.4 is 10.0 Å². The molecule has 0 aromatic heterocycles. The van der Waals surface area contributed by atoms with E-state index in [1.807, 2.05) is 26.8 Å². The lowest BCUT2D eigenvalue weighted by molar-refractivity contribution is -0.121. The molecule has 106 valence electrons. The molecule has 0 saturated heterocycles. The van der Waals surface area contributed by atoms with Crippen LogP contribution in [-0.2, 0) is 14.8 Å². The van der Waals surface area contributed by atoms with Crippen molar-refractivity contribution in [3.63, 3.8) is 0 Å². The lowest BCUT2D eigenvalue weighted by atomic mass is 10.2. The summed E-state index contributed by atoms with van der Waals surface area (Å²) < 4.78 is 26.3. The number of aryl methyl sites for hydroxylation is 1. The predicted octanol–water partition coefficient (Wildman–Crippen LogP) is 1.19. The van der Waals surface area contributed by atoms with Crippen LogP contribution in [0.15, 0.2) is 29.2 Å². The molecule has 1 aromatic carbocycles. The molecule has 1 rings (SSSR count). The topological polar surface area (TPSA) is 75.3 Å². The third kappa shape index (κ3) is 5.40. The molecule has 0 radical (unpaired) electrons. The molecule has 0 atom stereocenters. The fraction of sp³-hybridized carbons (Fsp3) is 0.462. The maximum Gasteiger partial charge on any atom is 0.240 e. The molecule has 1 amide bonds. The summed E-state index contributed by atoms with van der Waals surface area (Å²) in [4.78, 5) is 11.6. The number of amides is 1. The number of carbonyl (C=O) groups is 1. The van der Waals surface area contributed by atoms with Crippen molar-refractivity contribution < 1.29 is 13.2 Å². The maximum absolute atomic E-state index is 11.9. The summed E-state index contributed by atoms with van der Waals surface area (Å²) >= 11 is 0. The standard InChI is InChI=1S/C13H20N2O3S/c1-10(2)15-13(16)7-8-14-19(17,18)12-6-4-5-11(3)9-12/h4-6,9-10,14H,7-8H2,1-3H3,(H,15,16). The zero-order valence-electron chi connectivity index (χ0n) is 11.4. The van der Waals surface area contributed by atoms with Crippen molar-refractivity contribution in [3.05, 3.63) is 29.8 Å². The fourth-order valence-electron chi connectivity index (χ4n) is 1.56. The van der Waals surface area contributed by atoms with Gasteiger partial charge in [0.25, 0.3) is 0 Å². The van der Waals surface area contributed by atoms with E-state index in [0.29, 0.717) is 0 Å². The van der Waals surface area contributed by atoms with Gasteiger partial charge in [-0.1, -0.05) is 12.1 Å². The number of sulfonamides is 1. The molecule has 2 N–H and O–H groups in total. The Morgan fingerprint density at radius 1 is 1.32 bits per heavy atom. The molecule has 0 unspecified atom stereocenters. The Hall–Kier alpha value is -1.40. The first-order valence-corrected chi connectivity index (χ1v) is 7.65. The van der Waals surface area contributed by atoms with Gasteiger partial charge in [-0.3, -0.25) is 4.79 Å². The second kappa shape index (κ2) is 6.68. The lowest BCUT2D eigenvalue weighted by Crippen LogP contribution is -2.34. The van der Waals surface area contributed by atoms with E-state index in [0.717, 1.165) is 5.56 Å². The number of benzene rings is 1. The molecule has 0 aliphatic carbocycles. The normalized spacial score (nSPS) is 11.6. The average Bonchev–Trinajstić information content (AvgIpc) is 2.27. The Morgan fingerprint density at radius 2 is 2.00 bits per heavy atom. The molecule has 0 saturated carbocycles. The minimum Gasteiger partial charge on any atom is -0.354 e. The molecular formula is C13H20N2O3S. The van der Waals surface area contributed by atoms with E-state index in [1.165, 1.54) is 6.07 Å². The SMILES string of the molecule is Cc1cccc(S(=O)(=O)NCCC(=O)NC(C)C)c1. The first-order valence-electron chi connectivity index (χ1n) is 6.17. The summed E-state index contributed by atoms with van der Waals surface area (Å²) in [6, 6.07) is 6.70. The molecule has 0 aliphatic heterocycles. The molecule has 19 heavy (non-hydrogen) atoms. The van der Waals surface area contributed by atoms with Crippen molar-refractivity contribution in [1.29, 1.82) is 0 Å². The van der Waals surface area contributed by atoms with Crippen molar-refractivity contribution in [2.75, 3.05) is 6.54 Å². The predicted molar refractivity (Wildman–Crippen MR) is 74.3 cm³/mol. The van der Waals surface area contributed by atoms with Gasteiger partial charge in [-0.25, -0.2) is 13.1 Å². The number of hydrogen-bond donors (Lipinski definition) is 2. The van der Waals surface area contributed by atoms with Crippen molar-refractivity contribution in [2.45, 2.75) is 38.1 Å². The van der Waals surface area contributed by atoms with Gasteiger partial charge < -0.3 is 5.32 Å². The highest BCUT2D eigenvalue weighted by Gasteiger charge is 2.14. The molecule has 0 fully saturated rings. The molecular weight excluding hydrogens is 264 g/mol. The van der Waals surface area contributed by atoms with Crippen LogP contribution in [0.5, 0.6) is 0 Å². The van der Waals surface area contributed by atoms with E-state index in [9.17, 15) is 13.2 Å². The van der Waals surface area contributed by atoms with Gasteiger partial charge in [-0.15, -0.1) is 0 Å². The zero-order valence-corrected chi connectivity index (χ0v) is 12.3. The van der Waals surface area contributed by atoms with E-state index < -0.39 is 10.0 Å². The number of carbonyl (C=O) groups excluding carboxylic acids is 1. The van der Waals surface area contributed by atoms with Crippen molar-refractivity contribution >= 4 is 15.9 Å². The molecule has 0 spiro atoms. The third-order valence-electron chi connectivity index (χ3n) is 2.39. The van der Waals surface area contributed by atoms with Crippen LogP contribution in [0, 0.1) is 6.92 Å². The Labute approximate surface area is 114 Å². The number of nitrogens with one attached hydrogen (secondary N) is 2. The zero-order chi connectivity index (χ0) is 14.5. The van der Waals surface area contributed by atoms with Gasteiger partial charge >= 0.3 is 0 Å². The highest BCUT2D eigenvalue weighted by Crippen LogP contribution is 2.10. The third-order valence-corrected chi connectivity index (χ3v) is 3.85. The second-order valence-electron chi connectivity index (χ2n) is 4.69. The Balaban J connectivity index is 2.55. The maximum atomic E-state index is 11.9. The van der Waals surface area contributed by atoms with E-state index in [4.69, 9.17) is 0 Å². The summed E-state index contributed by atoms with van der Waals surface area (Å²) in [5.74, 6) is -0.165. The Morgan fingerprint density at radius 3 is 2.58 bits per heavy atom. The van der Waals surface area contributed by atoms with Gasteiger partial charge in [-0.2, -0.15) is 0 Å². The lowest BCUT2D eigenvalue weighted by Gasteiger charge is -2.09. The quantitative estimate of drug-likeness (QED) is 0.824. The van der Waals surface area contributed by atoms with E-state index in [1.54, 1.807) is 12.1 Å². The van der Waals surface area contributed by atoms with Crippen LogP contribution in [0.2, 0.25) is 0 Å². The summed E-state index contributed by atoms with van der Waals surface area (Å²) in [7, 11) is -3.54. The van der Waals surface area contributed by atoms with Crippen LogP contribution in [0.1, 0.15) is 25.8 Å². The number of rotatable bonds is 6. The molecule has 5 nitrogen and oxygen atoms in total. The van der Waals surface area contributed by atoms with Crippen molar-refractivity contribution in [2.24, 2.45) is 0 Å². The van der Waals surface area contributed by atoms with Crippen LogP contribution in [-0.4, -0.2) is 26.9 Å². The van der Waals surface area contributed by atoms with Gasteiger partial charge in [0, 0.05) is 19.0 Å². The van der Waals surface area contributed by atoms with Gasteiger partial charge in [0.15, 0.2) is 0 Å². The summed E-state index contributed by atoms with van der Waals surface area (Å²) in [5.41, 5.74) is 0.875. The van der Waals surface area contributed by atoms with Crippen LogP contribution in [0.4, 0.5) is 0 Å². The van der Waals surface area contributed by atoms with Crippen LogP contribution in [0.3, 0.4) is 0 Å². The Kier molecular flexibility index (Phi) is 5.50. The second-order valence-corrected chi connectivity index (χ2v) is 6.45. The van der Waals surface area contributed by atoms with Crippen molar-refractivity contribution in [3.8, 4) is 0 Å². The first kappa shape index (κ1) is 15.7. The first-order chi connectivity index (χ1) is 8.81. The summed E-state index contributed by atoms with van der Waals surface area (Å²) in [6.45, 7) is 5.63. The van der Waals surface area contributed by atoms with Gasteiger partial charge in [0.2, 0.25) is 15.9 Å². The van der Waals surface area contributed by atoms with Crippen molar-refractivity contribution in [1.82, 2.24) is 10.0 Å². The van der Waals surface area contributed by atoms with E-state index in [-0.39, 0.29) is 29.8 Å². The van der Waals surface area contributed by atoms with Gasteiger partial charge in [0.1, 0.15) is 0 Å². The van der Waals surface area contributed by atoms with Gasteiger partial charge in [-0.05, 0) is 38.5 Å². The van der Waals surface area contributed by atoms with Gasteiger partial charge in [0.05, 0.1) is 4.90 Å². The van der Waals surface area contributed by atoms with E-state index >= 15 is 0 Å². The summed E-state index contributed by atoms with van der Waals surface area (Å²) in [5, 5.41) is 2.70. The molecule has 1 aromatic rings. The fourth-order valence-corrected chi connectivity index (χ4v) is 2.70. The Bertz CT molecular complexity index is 539. The number of hydrogen-bond acceptors (Lipinski definition) is 3. The minimum absolute atomic E-state index is 0.0564. The average molecular weight is 284 g/mol. The molecule has 6 heteroatoms. The summed E-state index contributed by atoms with van der Waals surface area (Å²) in [6.07, 6.45) is 0.128. The largest absolute Gasteiger partial charge is 0.354 e.